The fourth-order valence-corrected chi connectivity index (χ4v) is 5.88. The van der Waals surface area contributed by atoms with E-state index in [-0.39, 0.29) is 11.9 Å². The molecule has 0 bridgehead atoms. The van der Waals surface area contributed by atoms with Crippen LogP contribution in [0.4, 0.5) is 5.69 Å². The van der Waals surface area contributed by atoms with E-state index >= 15 is 0 Å². The summed E-state index contributed by atoms with van der Waals surface area (Å²) < 4.78 is 27.4. The zero-order chi connectivity index (χ0) is 20.3. The molecule has 0 atom stereocenters. The number of sulfonamides is 1. The number of hydrogen-bond acceptors (Lipinski definition) is 3. The standard InChI is InChI=1S/C23H28N2O3S/c26-23(24-20-9-5-2-1-3-6-10-20)19-13-14-22-18(17-19)15-16-25(22)29(27,28)21-11-7-4-8-12-21/h4,7-8,11-14,17,20H,1-3,5-6,9-10,15-16H2,(H,24,26). The number of carbonyl (C=O) groups excluding carboxylic acids is 1. The topological polar surface area (TPSA) is 66.5 Å². The van der Waals surface area contributed by atoms with Crippen molar-refractivity contribution in [2.75, 3.05) is 10.8 Å². The molecule has 0 aromatic heterocycles. The Labute approximate surface area is 173 Å². The molecule has 2 aromatic rings. The molecule has 2 aliphatic rings. The van der Waals surface area contributed by atoms with Gasteiger partial charge in [-0.15, -0.1) is 0 Å². The molecule has 6 heteroatoms. The van der Waals surface area contributed by atoms with E-state index in [2.05, 4.69) is 5.32 Å². The molecule has 2 aromatic carbocycles. The minimum Gasteiger partial charge on any atom is -0.349 e. The van der Waals surface area contributed by atoms with Crippen LogP contribution in [0.15, 0.2) is 53.4 Å². The summed E-state index contributed by atoms with van der Waals surface area (Å²) >= 11 is 0. The van der Waals surface area contributed by atoms with Gasteiger partial charge in [-0.1, -0.05) is 50.3 Å². The molecule has 1 aliphatic carbocycles. The Kier molecular flexibility index (Phi) is 5.90. The van der Waals surface area contributed by atoms with Crippen molar-refractivity contribution in [3.63, 3.8) is 0 Å². The molecular weight excluding hydrogens is 384 g/mol. The van der Waals surface area contributed by atoms with Crippen molar-refractivity contribution in [2.45, 2.75) is 62.3 Å². The number of amides is 1. The van der Waals surface area contributed by atoms with Gasteiger partial charge in [-0.3, -0.25) is 9.10 Å². The average molecular weight is 413 g/mol. The van der Waals surface area contributed by atoms with E-state index in [1.165, 1.54) is 36.4 Å². The molecule has 1 N–H and O–H groups in total. The lowest BCUT2D eigenvalue weighted by atomic mass is 9.96. The normalized spacial score (nSPS) is 18.0. The summed E-state index contributed by atoms with van der Waals surface area (Å²) in [5.41, 5.74) is 2.20. The number of hydrogen-bond donors (Lipinski definition) is 1. The number of carbonyl (C=O) groups is 1. The number of fused-ring (bicyclic) bond motifs is 1. The third-order valence-corrected chi connectivity index (χ3v) is 7.79. The van der Waals surface area contributed by atoms with Crippen LogP contribution in [-0.2, 0) is 16.4 Å². The molecule has 0 radical (unpaired) electrons. The highest BCUT2D eigenvalue weighted by Gasteiger charge is 2.31. The van der Waals surface area contributed by atoms with Crippen LogP contribution in [0.25, 0.3) is 0 Å². The highest BCUT2D eigenvalue weighted by atomic mass is 32.2. The van der Waals surface area contributed by atoms with Crippen molar-refractivity contribution in [3.05, 3.63) is 59.7 Å². The van der Waals surface area contributed by atoms with Crippen LogP contribution in [0.1, 0.15) is 60.9 Å². The van der Waals surface area contributed by atoms with Crippen molar-refractivity contribution in [1.82, 2.24) is 5.32 Å². The molecule has 0 spiro atoms. The third kappa shape index (κ3) is 4.32. The van der Waals surface area contributed by atoms with Gasteiger partial charge in [0.1, 0.15) is 0 Å². The number of nitrogens with zero attached hydrogens (tertiary/aromatic N) is 1. The Balaban J connectivity index is 1.50. The van der Waals surface area contributed by atoms with Gasteiger partial charge in [0.2, 0.25) is 0 Å². The largest absolute Gasteiger partial charge is 0.349 e. The molecule has 0 unspecified atom stereocenters. The number of benzene rings is 2. The van der Waals surface area contributed by atoms with Crippen LogP contribution in [-0.4, -0.2) is 26.9 Å². The van der Waals surface area contributed by atoms with Gasteiger partial charge >= 0.3 is 0 Å². The average Bonchev–Trinajstić information content (AvgIpc) is 3.14. The summed E-state index contributed by atoms with van der Waals surface area (Å²) in [4.78, 5) is 13.1. The first-order valence-corrected chi connectivity index (χ1v) is 12.0. The monoisotopic (exact) mass is 412 g/mol. The molecule has 1 fully saturated rings. The maximum absolute atomic E-state index is 13.0. The van der Waals surface area contributed by atoms with Gasteiger partial charge in [0.05, 0.1) is 10.6 Å². The van der Waals surface area contributed by atoms with E-state index in [9.17, 15) is 13.2 Å². The molecule has 1 aliphatic heterocycles. The molecule has 0 saturated heterocycles. The second-order valence-electron chi connectivity index (χ2n) is 8.00. The lowest BCUT2D eigenvalue weighted by molar-refractivity contribution is 0.0930. The van der Waals surface area contributed by atoms with Gasteiger partial charge in [-0.25, -0.2) is 8.42 Å². The molecule has 5 nitrogen and oxygen atoms in total. The number of nitrogens with one attached hydrogen (secondary N) is 1. The Bertz CT molecular complexity index is 965. The van der Waals surface area contributed by atoms with Gasteiger partial charge < -0.3 is 5.32 Å². The Morgan fingerprint density at radius 1 is 0.931 bits per heavy atom. The van der Waals surface area contributed by atoms with Gasteiger partial charge in [0.15, 0.2) is 0 Å². The zero-order valence-electron chi connectivity index (χ0n) is 16.6. The summed E-state index contributed by atoms with van der Waals surface area (Å²) in [7, 11) is -3.58. The van der Waals surface area contributed by atoms with Crippen molar-refractivity contribution < 1.29 is 13.2 Å². The predicted octanol–water partition coefficient (Wildman–Crippen LogP) is 4.28. The SMILES string of the molecule is O=C(NC1CCCCCCC1)c1ccc2c(c1)CCN2S(=O)(=O)c1ccccc1. The fraction of sp³-hybridized carbons (Fsp3) is 0.435. The minimum absolute atomic E-state index is 0.0530. The van der Waals surface area contributed by atoms with Crippen LogP contribution in [0.2, 0.25) is 0 Å². The minimum atomic E-state index is -3.58. The van der Waals surface area contributed by atoms with E-state index in [4.69, 9.17) is 0 Å². The quantitative estimate of drug-likeness (QED) is 0.815. The molecule has 4 rings (SSSR count). The van der Waals surface area contributed by atoms with E-state index in [1.807, 2.05) is 6.07 Å². The second kappa shape index (κ2) is 8.57. The summed E-state index contributed by atoms with van der Waals surface area (Å²) in [5.74, 6) is -0.0530. The Morgan fingerprint density at radius 2 is 1.62 bits per heavy atom. The third-order valence-electron chi connectivity index (χ3n) is 5.97. The first kappa shape index (κ1) is 20.0. The van der Waals surface area contributed by atoms with Crippen molar-refractivity contribution in [3.8, 4) is 0 Å². The maximum atomic E-state index is 13.0. The molecule has 1 saturated carbocycles. The van der Waals surface area contributed by atoms with Crippen molar-refractivity contribution in [1.29, 1.82) is 0 Å². The first-order chi connectivity index (χ1) is 14.1. The van der Waals surface area contributed by atoms with Crippen LogP contribution in [0.5, 0.6) is 0 Å². The van der Waals surface area contributed by atoms with Crippen LogP contribution in [0.3, 0.4) is 0 Å². The van der Waals surface area contributed by atoms with Gasteiger partial charge in [-0.05, 0) is 55.2 Å². The van der Waals surface area contributed by atoms with Crippen molar-refractivity contribution >= 4 is 21.6 Å². The van der Waals surface area contributed by atoms with Gasteiger partial charge in [0.25, 0.3) is 15.9 Å². The number of anilines is 1. The number of rotatable bonds is 4. The van der Waals surface area contributed by atoms with Crippen LogP contribution >= 0.6 is 0 Å². The lowest BCUT2D eigenvalue weighted by Gasteiger charge is -2.22. The molecule has 1 heterocycles. The lowest BCUT2D eigenvalue weighted by Crippen LogP contribution is -2.35. The Morgan fingerprint density at radius 3 is 2.34 bits per heavy atom. The van der Waals surface area contributed by atoms with Gasteiger partial charge in [0, 0.05) is 18.2 Å². The maximum Gasteiger partial charge on any atom is 0.264 e. The smallest absolute Gasteiger partial charge is 0.264 e. The predicted molar refractivity (Wildman–Crippen MR) is 115 cm³/mol. The molecule has 29 heavy (non-hydrogen) atoms. The summed E-state index contributed by atoms with van der Waals surface area (Å²) in [6, 6.07) is 14.1. The zero-order valence-corrected chi connectivity index (χ0v) is 17.5. The Hall–Kier alpha value is -2.34. The van der Waals surface area contributed by atoms with Crippen molar-refractivity contribution in [2.24, 2.45) is 0 Å². The highest BCUT2D eigenvalue weighted by molar-refractivity contribution is 7.92. The second-order valence-corrected chi connectivity index (χ2v) is 9.86. The van der Waals surface area contributed by atoms with Crippen LogP contribution in [0, 0.1) is 0 Å². The fourth-order valence-electron chi connectivity index (χ4n) is 4.35. The molecule has 1 amide bonds. The molecular formula is C23H28N2O3S. The summed E-state index contributed by atoms with van der Waals surface area (Å²) in [5, 5.41) is 3.19. The van der Waals surface area contributed by atoms with Crippen LogP contribution < -0.4 is 9.62 Å². The summed E-state index contributed by atoms with van der Waals surface area (Å²) in [6.45, 7) is 0.403. The van der Waals surface area contributed by atoms with Gasteiger partial charge in [-0.2, -0.15) is 0 Å². The molecule has 154 valence electrons. The summed E-state index contributed by atoms with van der Waals surface area (Å²) in [6.07, 6.45) is 8.83. The van der Waals surface area contributed by atoms with E-state index < -0.39 is 10.0 Å². The van der Waals surface area contributed by atoms with E-state index in [0.717, 1.165) is 18.4 Å². The highest BCUT2D eigenvalue weighted by Crippen LogP contribution is 2.33. The van der Waals surface area contributed by atoms with E-state index in [0.29, 0.717) is 29.1 Å². The first-order valence-electron chi connectivity index (χ1n) is 10.6. The van der Waals surface area contributed by atoms with E-state index in [1.54, 1.807) is 42.5 Å².